The molecule has 2 aliphatic rings. The van der Waals surface area contributed by atoms with Crippen LogP contribution in [0.2, 0.25) is 0 Å². The van der Waals surface area contributed by atoms with E-state index in [4.69, 9.17) is 0 Å². The molecule has 0 bridgehead atoms. The van der Waals surface area contributed by atoms with Gasteiger partial charge in [-0.3, -0.25) is 4.90 Å². The molecule has 2 rings (SSSR count). The highest BCUT2D eigenvalue weighted by Gasteiger charge is 2.36. The number of nitrogens with zero attached hydrogens (tertiary/aromatic N) is 1. The zero-order valence-electron chi connectivity index (χ0n) is 12.7. The zero-order chi connectivity index (χ0) is 13.0. The standard InChI is InChI=1S/C16H32N2/c1-4-16(2,12-17-3)13-18-11-7-9-14-8-5-6-10-15(14)18/h14-15,17H,4-13H2,1-3H3. The molecular formula is C16H32N2. The van der Waals surface area contributed by atoms with Crippen molar-refractivity contribution in [3.8, 4) is 0 Å². The number of hydrogen-bond donors (Lipinski definition) is 1. The molecule has 1 saturated heterocycles. The van der Waals surface area contributed by atoms with Crippen molar-refractivity contribution in [3.63, 3.8) is 0 Å². The van der Waals surface area contributed by atoms with E-state index in [1.165, 1.54) is 58.0 Å². The molecule has 1 aliphatic heterocycles. The number of hydrogen-bond acceptors (Lipinski definition) is 2. The molecule has 1 heterocycles. The molecule has 1 aliphatic carbocycles. The third kappa shape index (κ3) is 3.27. The Bertz CT molecular complexity index is 251. The normalized spacial score (nSPS) is 32.8. The van der Waals surface area contributed by atoms with Crippen LogP contribution in [-0.2, 0) is 0 Å². The first kappa shape index (κ1) is 14.3. The first-order chi connectivity index (χ1) is 8.68. The predicted octanol–water partition coefficient (Wildman–Crippen LogP) is 3.28. The van der Waals surface area contributed by atoms with Gasteiger partial charge in [-0.1, -0.05) is 26.7 Å². The van der Waals surface area contributed by atoms with Gasteiger partial charge in [-0.2, -0.15) is 0 Å². The second-order valence-corrected chi connectivity index (χ2v) is 6.92. The van der Waals surface area contributed by atoms with Crippen LogP contribution >= 0.6 is 0 Å². The smallest absolute Gasteiger partial charge is 0.0124 e. The Labute approximate surface area is 114 Å². The third-order valence-electron chi connectivity index (χ3n) is 5.40. The topological polar surface area (TPSA) is 15.3 Å². The minimum absolute atomic E-state index is 0.452. The fourth-order valence-electron chi connectivity index (χ4n) is 4.13. The van der Waals surface area contributed by atoms with Gasteiger partial charge in [0.15, 0.2) is 0 Å². The number of rotatable bonds is 5. The molecule has 18 heavy (non-hydrogen) atoms. The summed E-state index contributed by atoms with van der Waals surface area (Å²) < 4.78 is 0. The summed E-state index contributed by atoms with van der Waals surface area (Å²) in [4.78, 5) is 2.84. The Morgan fingerprint density at radius 3 is 2.61 bits per heavy atom. The summed E-state index contributed by atoms with van der Waals surface area (Å²) in [6, 6.07) is 0.912. The molecule has 0 spiro atoms. The number of nitrogens with one attached hydrogen (secondary N) is 1. The van der Waals surface area contributed by atoms with Gasteiger partial charge in [0.2, 0.25) is 0 Å². The molecule has 0 aromatic carbocycles. The largest absolute Gasteiger partial charge is 0.319 e. The summed E-state index contributed by atoms with van der Waals surface area (Å²) in [6.07, 6.45) is 10.1. The average molecular weight is 252 g/mol. The molecule has 0 amide bonds. The number of piperidine rings is 1. The van der Waals surface area contributed by atoms with E-state index in [2.05, 4.69) is 31.1 Å². The van der Waals surface area contributed by atoms with Crippen molar-refractivity contribution < 1.29 is 0 Å². The van der Waals surface area contributed by atoms with E-state index in [1.54, 1.807) is 0 Å². The van der Waals surface area contributed by atoms with Gasteiger partial charge in [0.05, 0.1) is 0 Å². The first-order valence-corrected chi connectivity index (χ1v) is 8.07. The number of fused-ring (bicyclic) bond motifs is 1. The van der Waals surface area contributed by atoms with Crippen molar-refractivity contribution in [1.82, 2.24) is 10.2 Å². The fourth-order valence-corrected chi connectivity index (χ4v) is 4.13. The SMILES string of the molecule is CCC(C)(CNC)CN1CCCC2CCCCC21. The Balaban J connectivity index is 1.97. The minimum Gasteiger partial charge on any atom is -0.319 e. The van der Waals surface area contributed by atoms with Crippen LogP contribution in [0, 0.1) is 11.3 Å². The molecule has 2 heteroatoms. The van der Waals surface area contributed by atoms with Crippen LogP contribution in [-0.4, -0.2) is 37.6 Å². The van der Waals surface area contributed by atoms with E-state index in [9.17, 15) is 0 Å². The van der Waals surface area contributed by atoms with Crippen LogP contribution in [0.1, 0.15) is 58.8 Å². The fraction of sp³-hybridized carbons (Fsp3) is 1.00. The molecule has 0 radical (unpaired) electrons. The van der Waals surface area contributed by atoms with Gasteiger partial charge in [0.25, 0.3) is 0 Å². The van der Waals surface area contributed by atoms with Crippen molar-refractivity contribution in [2.45, 2.75) is 64.8 Å². The summed E-state index contributed by atoms with van der Waals surface area (Å²) in [5.74, 6) is 1.02. The van der Waals surface area contributed by atoms with E-state index in [0.717, 1.165) is 18.5 Å². The lowest BCUT2D eigenvalue weighted by molar-refractivity contribution is 0.0270. The van der Waals surface area contributed by atoms with Crippen LogP contribution in [0.3, 0.4) is 0 Å². The van der Waals surface area contributed by atoms with Gasteiger partial charge >= 0.3 is 0 Å². The summed E-state index contributed by atoms with van der Waals surface area (Å²) in [7, 11) is 2.09. The maximum absolute atomic E-state index is 3.39. The highest BCUT2D eigenvalue weighted by Crippen LogP contribution is 2.37. The van der Waals surface area contributed by atoms with Crippen molar-refractivity contribution in [1.29, 1.82) is 0 Å². The summed E-state index contributed by atoms with van der Waals surface area (Å²) in [6.45, 7) is 8.60. The molecule has 2 fully saturated rings. The average Bonchev–Trinajstić information content (AvgIpc) is 2.39. The van der Waals surface area contributed by atoms with Crippen molar-refractivity contribution in [2.24, 2.45) is 11.3 Å². The van der Waals surface area contributed by atoms with E-state index >= 15 is 0 Å². The molecule has 106 valence electrons. The van der Waals surface area contributed by atoms with Gasteiger partial charge in [0, 0.05) is 19.1 Å². The highest BCUT2D eigenvalue weighted by molar-refractivity contribution is 4.90. The summed E-state index contributed by atoms with van der Waals surface area (Å²) in [5, 5.41) is 3.39. The van der Waals surface area contributed by atoms with E-state index in [0.29, 0.717) is 5.41 Å². The van der Waals surface area contributed by atoms with E-state index in [-0.39, 0.29) is 0 Å². The quantitative estimate of drug-likeness (QED) is 0.808. The lowest BCUT2D eigenvalue weighted by Crippen LogP contribution is -2.51. The van der Waals surface area contributed by atoms with Crippen molar-refractivity contribution in [3.05, 3.63) is 0 Å². The lowest BCUT2D eigenvalue weighted by atomic mass is 9.76. The van der Waals surface area contributed by atoms with Gasteiger partial charge in [-0.05, 0) is 57.0 Å². The molecule has 3 unspecified atom stereocenters. The summed E-state index contributed by atoms with van der Waals surface area (Å²) in [5.41, 5.74) is 0.452. The molecule has 1 N–H and O–H groups in total. The first-order valence-electron chi connectivity index (χ1n) is 8.07. The monoisotopic (exact) mass is 252 g/mol. The molecule has 0 aromatic heterocycles. The van der Waals surface area contributed by atoms with E-state index < -0.39 is 0 Å². The van der Waals surface area contributed by atoms with Gasteiger partial charge in [-0.15, -0.1) is 0 Å². The molecule has 3 atom stereocenters. The Morgan fingerprint density at radius 1 is 1.17 bits per heavy atom. The zero-order valence-corrected chi connectivity index (χ0v) is 12.7. The van der Waals surface area contributed by atoms with Crippen molar-refractivity contribution >= 4 is 0 Å². The summed E-state index contributed by atoms with van der Waals surface area (Å²) >= 11 is 0. The van der Waals surface area contributed by atoms with E-state index in [1.807, 2.05) is 0 Å². The second-order valence-electron chi connectivity index (χ2n) is 6.92. The van der Waals surface area contributed by atoms with Crippen LogP contribution in [0.5, 0.6) is 0 Å². The van der Waals surface area contributed by atoms with Gasteiger partial charge in [-0.25, -0.2) is 0 Å². The Kier molecular flexibility index (Phi) is 5.08. The van der Waals surface area contributed by atoms with Crippen LogP contribution in [0.4, 0.5) is 0 Å². The third-order valence-corrected chi connectivity index (χ3v) is 5.40. The number of likely N-dealkylation sites (tertiary alicyclic amines) is 1. The predicted molar refractivity (Wildman–Crippen MR) is 78.9 cm³/mol. The minimum atomic E-state index is 0.452. The lowest BCUT2D eigenvalue weighted by Gasteiger charge is -2.47. The van der Waals surface area contributed by atoms with Crippen molar-refractivity contribution in [2.75, 3.05) is 26.7 Å². The Morgan fingerprint density at radius 2 is 1.89 bits per heavy atom. The second kappa shape index (κ2) is 6.38. The molecular weight excluding hydrogens is 220 g/mol. The Hall–Kier alpha value is -0.0800. The molecule has 1 saturated carbocycles. The molecule has 0 aromatic rings. The van der Waals surface area contributed by atoms with Gasteiger partial charge in [0.1, 0.15) is 0 Å². The molecule has 2 nitrogen and oxygen atoms in total. The van der Waals surface area contributed by atoms with Crippen LogP contribution in [0.25, 0.3) is 0 Å². The maximum Gasteiger partial charge on any atom is 0.0124 e. The van der Waals surface area contributed by atoms with Crippen LogP contribution < -0.4 is 5.32 Å². The van der Waals surface area contributed by atoms with Crippen LogP contribution in [0.15, 0.2) is 0 Å². The maximum atomic E-state index is 3.39. The highest BCUT2D eigenvalue weighted by atomic mass is 15.2. The van der Waals surface area contributed by atoms with Gasteiger partial charge < -0.3 is 5.32 Å².